The minimum absolute atomic E-state index is 0.565. The molecule has 100 valence electrons. The van der Waals surface area contributed by atoms with E-state index in [4.69, 9.17) is 0 Å². The smallest absolute Gasteiger partial charge is 0.0743 e. The van der Waals surface area contributed by atoms with Gasteiger partial charge in [-0.1, -0.05) is 31.5 Å². The molecular formula is C15H23NOS. The van der Waals surface area contributed by atoms with Crippen molar-refractivity contribution in [3.05, 3.63) is 29.8 Å². The van der Waals surface area contributed by atoms with Crippen LogP contribution in [0.4, 0.5) is 0 Å². The molecule has 0 amide bonds. The molecule has 1 aromatic carbocycles. The van der Waals surface area contributed by atoms with Gasteiger partial charge in [0.2, 0.25) is 0 Å². The Bertz CT molecular complexity index is 367. The van der Waals surface area contributed by atoms with E-state index in [1.54, 1.807) is 0 Å². The number of aliphatic hydroxyl groups is 1. The topological polar surface area (TPSA) is 32.3 Å². The van der Waals surface area contributed by atoms with E-state index in [1.165, 1.54) is 10.5 Å². The average Bonchev–Trinajstić information content (AvgIpc) is 2.71. The van der Waals surface area contributed by atoms with Gasteiger partial charge in [0.25, 0.3) is 0 Å². The molecule has 0 bridgehead atoms. The summed E-state index contributed by atoms with van der Waals surface area (Å²) in [7, 11) is 0. The Hall–Kier alpha value is -0.510. The van der Waals surface area contributed by atoms with Gasteiger partial charge in [-0.3, -0.25) is 0 Å². The third-order valence-corrected chi connectivity index (χ3v) is 4.70. The fraction of sp³-hybridized carbons (Fsp3) is 0.600. The van der Waals surface area contributed by atoms with Crippen molar-refractivity contribution in [3.8, 4) is 0 Å². The van der Waals surface area contributed by atoms with Crippen LogP contribution in [0.3, 0.4) is 0 Å². The van der Waals surface area contributed by atoms with Crippen LogP contribution in [0.25, 0.3) is 0 Å². The van der Waals surface area contributed by atoms with Gasteiger partial charge in [-0.25, -0.2) is 0 Å². The number of hydrogen-bond acceptors (Lipinski definition) is 3. The summed E-state index contributed by atoms with van der Waals surface area (Å²) in [5.74, 6) is 0. The summed E-state index contributed by atoms with van der Waals surface area (Å²) in [6.07, 6.45) is 3.03. The van der Waals surface area contributed by atoms with Gasteiger partial charge < -0.3 is 10.4 Å². The Morgan fingerprint density at radius 3 is 2.94 bits per heavy atom. The molecular weight excluding hydrogens is 242 g/mol. The first-order valence-electron chi connectivity index (χ1n) is 6.78. The summed E-state index contributed by atoms with van der Waals surface area (Å²) in [6.45, 7) is 5.69. The maximum absolute atomic E-state index is 10.1. The molecule has 1 aromatic rings. The number of nitrogens with one attached hydrogen (secondary N) is 1. The Morgan fingerprint density at radius 1 is 1.44 bits per heavy atom. The lowest BCUT2D eigenvalue weighted by Crippen LogP contribution is -2.40. The van der Waals surface area contributed by atoms with E-state index >= 15 is 0 Å². The van der Waals surface area contributed by atoms with Crippen molar-refractivity contribution in [2.45, 2.75) is 48.9 Å². The average molecular weight is 265 g/mol. The Kier molecular flexibility index (Phi) is 4.71. The highest BCUT2D eigenvalue weighted by Crippen LogP contribution is 2.36. The van der Waals surface area contributed by atoms with E-state index in [2.05, 4.69) is 36.5 Å². The number of rotatable bonds is 6. The molecule has 2 atom stereocenters. The highest BCUT2D eigenvalue weighted by Gasteiger charge is 2.23. The Morgan fingerprint density at radius 2 is 2.22 bits per heavy atom. The van der Waals surface area contributed by atoms with Crippen molar-refractivity contribution in [3.63, 3.8) is 0 Å². The SMILES string of the molecule is CCCC(C)(O)CNCC1Cc2ccccc2S1. The molecule has 2 unspecified atom stereocenters. The van der Waals surface area contributed by atoms with Crippen molar-refractivity contribution in [2.75, 3.05) is 13.1 Å². The lowest BCUT2D eigenvalue weighted by molar-refractivity contribution is 0.0503. The van der Waals surface area contributed by atoms with Gasteiger partial charge in [-0.15, -0.1) is 11.8 Å². The van der Waals surface area contributed by atoms with Crippen LogP contribution < -0.4 is 5.32 Å². The molecule has 1 aliphatic heterocycles. The van der Waals surface area contributed by atoms with E-state index in [1.807, 2.05) is 18.7 Å². The van der Waals surface area contributed by atoms with Gasteiger partial charge in [0.15, 0.2) is 0 Å². The predicted octanol–water partition coefficient (Wildman–Crippen LogP) is 2.84. The molecule has 0 aromatic heterocycles. The van der Waals surface area contributed by atoms with E-state index < -0.39 is 5.60 Å². The van der Waals surface area contributed by atoms with Crippen molar-refractivity contribution in [2.24, 2.45) is 0 Å². The second-order valence-electron chi connectivity index (χ2n) is 5.43. The van der Waals surface area contributed by atoms with E-state index in [0.29, 0.717) is 11.8 Å². The Balaban J connectivity index is 1.74. The maximum Gasteiger partial charge on any atom is 0.0743 e. The van der Waals surface area contributed by atoms with Crippen LogP contribution in [0.5, 0.6) is 0 Å². The lowest BCUT2D eigenvalue weighted by atomic mass is 10.0. The fourth-order valence-corrected chi connectivity index (χ4v) is 3.78. The zero-order chi connectivity index (χ0) is 13.0. The van der Waals surface area contributed by atoms with Crippen LogP contribution in [0, 0.1) is 0 Å². The van der Waals surface area contributed by atoms with Gasteiger partial charge in [0.1, 0.15) is 0 Å². The van der Waals surface area contributed by atoms with Crippen LogP contribution in [0.1, 0.15) is 32.3 Å². The van der Waals surface area contributed by atoms with Gasteiger partial charge in [-0.05, 0) is 31.4 Å². The minimum atomic E-state index is -0.565. The standard InChI is InChI=1S/C15H23NOS/c1-3-8-15(2,17)11-16-10-13-9-12-6-4-5-7-14(12)18-13/h4-7,13,16-17H,3,8-11H2,1-2H3. The third-order valence-electron chi connectivity index (χ3n) is 3.38. The van der Waals surface area contributed by atoms with Crippen LogP contribution >= 0.6 is 11.8 Å². The van der Waals surface area contributed by atoms with E-state index in [-0.39, 0.29) is 0 Å². The first-order valence-corrected chi connectivity index (χ1v) is 7.66. The number of fused-ring (bicyclic) bond motifs is 1. The molecule has 0 aliphatic carbocycles. The summed E-state index contributed by atoms with van der Waals surface area (Å²) in [5, 5.41) is 14.1. The van der Waals surface area contributed by atoms with Crippen LogP contribution in [0.2, 0.25) is 0 Å². The molecule has 2 nitrogen and oxygen atoms in total. The summed E-state index contributed by atoms with van der Waals surface area (Å²) in [6, 6.07) is 8.64. The molecule has 0 radical (unpaired) electrons. The monoisotopic (exact) mass is 265 g/mol. The molecule has 2 N–H and O–H groups in total. The minimum Gasteiger partial charge on any atom is -0.389 e. The van der Waals surface area contributed by atoms with Crippen LogP contribution in [-0.2, 0) is 6.42 Å². The molecule has 1 heterocycles. The van der Waals surface area contributed by atoms with Crippen molar-refractivity contribution >= 4 is 11.8 Å². The van der Waals surface area contributed by atoms with Crippen molar-refractivity contribution in [1.82, 2.24) is 5.32 Å². The van der Waals surface area contributed by atoms with Gasteiger partial charge in [0, 0.05) is 23.2 Å². The molecule has 0 saturated heterocycles. The summed E-state index contributed by atoms with van der Waals surface area (Å²) >= 11 is 1.96. The lowest BCUT2D eigenvalue weighted by Gasteiger charge is -2.23. The van der Waals surface area contributed by atoms with Crippen LogP contribution in [0.15, 0.2) is 29.2 Å². The second-order valence-corrected chi connectivity index (χ2v) is 6.77. The first-order chi connectivity index (χ1) is 8.61. The normalized spacial score (nSPS) is 21.6. The zero-order valence-electron chi connectivity index (χ0n) is 11.3. The molecule has 0 saturated carbocycles. The molecule has 3 heteroatoms. The van der Waals surface area contributed by atoms with E-state index in [9.17, 15) is 5.11 Å². The summed E-state index contributed by atoms with van der Waals surface area (Å²) in [5.41, 5.74) is 0.903. The largest absolute Gasteiger partial charge is 0.389 e. The molecule has 18 heavy (non-hydrogen) atoms. The third kappa shape index (κ3) is 3.74. The Labute approximate surface area is 114 Å². The number of hydrogen-bond donors (Lipinski definition) is 2. The molecule has 0 spiro atoms. The van der Waals surface area contributed by atoms with Crippen molar-refractivity contribution < 1.29 is 5.11 Å². The first kappa shape index (κ1) is 13.9. The summed E-state index contributed by atoms with van der Waals surface area (Å²) in [4.78, 5) is 1.42. The van der Waals surface area contributed by atoms with E-state index in [0.717, 1.165) is 25.8 Å². The second kappa shape index (κ2) is 6.09. The number of benzene rings is 1. The van der Waals surface area contributed by atoms with Crippen molar-refractivity contribution in [1.29, 1.82) is 0 Å². The highest BCUT2D eigenvalue weighted by atomic mass is 32.2. The van der Waals surface area contributed by atoms with Gasteiger partial charge in [-0.2, -0.15) is 0 Å². The molecule has 1 aliphatic rings. The zero-order valence-corrected chi connectivity index (χ0v) is 12.1. The van der Waals surface area contributed by atoms with Gasteiger partial charge in [0.05, 0.1) is 5.60 Å². The molecule has 0 fully saturated rings. The summed E-state index contributed by atoms with van der Waals surface area (Å²) < 4.78 is 0. The fourth-order valence-electron chi connectivity index (χ4n) is 2.50. The number of thioether (sulfide) groups is 1. The highest BCUT2D eigenvalue weighted by molar-refractivity contribution is 8.00. The van der Waals surface area contributed by atoms with Gasteiger partial charge >= 0.3 is 0 Å². The van der Waals surface area contributed by atoms with Crippen LogP contribution in [-0.4, -0.2) is 29.0 Å². The predicted molar refractivity (Wildman–Crippen MR) is 78.2 cm³/mol. The quantitative estimate of drug-likeness (QED) is 0.829. The maximum atomic E-state index is 10.1. The molecule has 2 rings (SSSR count).